The van der Waals surface area contributed by atoms with Crippen LogP contribution in [0.2, 0.25) is 0 Å². The second-order valence-corrected chi connectivity index (χ2v) is 6.89. The van der Waals surface area contributed by atoms with Gasteiger partial charge in [-0.1, -0.05) is 12.2 Å². The highest BCUT2D eigenvalue weighted by molar-refractivity contribution is 7.89. The summed E-state index contributed by atoms with van der Waals surface area (Å²) in [7, 11) is -1.19. The van der Waals surface area contributed by atoms with E-state index in [0.29, 0.717) is 0 Å². The highest BCUT2D eigenvalue weighted by Crippen LogP contribution is 2.18. The van der Waals surface area contributed by atoms with Crippen LogP contribution in [0.1, 0.15) is 5.56 Å². The number of methoxy groups -OCH3 is 1. The lowest BCUT2D eigenvalue weighted by Gasteiger charge is -2.20. The lowest BCUT2D eigenvalue weighted by molar-refractivity contribution is 0.0554. The van der Waals surface area contributed by atoms with Crippen LogP contribution in [0.15, 0.2) is 23.1 Å². The molecule has 0 heterocycles. The minimum atomic E-state index is -3.89. The second kappa shape index (κ2) is 7.23. The lowest BCUT2D eigenvalue weighted by atomic mass is 10.2. The van der Waals surface area contributed by atoms with E-state index in [9.17, 15) is 17.9 Å². The number of hydrogen-bond acceptors (Lipinski definition) is 5. The van der Waals surface area contributed by atoms with Crippen molar-refractivity contribution in [3.63, 3.8) is 0 Å². The van der Waals surface area contributed by atoms with Crippen LogP contribution >= 0.6 is 12.2 Å². The minimum Gasteiger partial charge on any atom is -0.389 e. The van der Waals surface area contributed by atoms with Gasteiger partial charge in [0.15, 0.2) is 0 Å². The maximum absolute atomic E-state index is 13.5. The van der Waals surface area contributed by atoms with E-state index in [0.717, 1.165) is 22.5 Å². The van der Waals surface area contributed by atoms with Gasteiger partial charge in [-0.3, -0.25) is 0 Å². The average molecular weight is 336 g/mol. The van der Waals surface area contributed by atoms with Gasteiger partial charge in [-0.15, -0.1) is 0 Å². The van der Waals surface area contributed by atoms with Crippen LogP contribution < -0.4 is 5.73 Å². The monoisotopic (exact) mass is 336 g/mol. The number of rotatable bonds is 7. The summed E-state index contributed by atoms with van der Waals surface area (Å²) in [6.07, 6.45) is -0.967. The molecule has 0 bridgehead atoms. The Labute approximate surface area is 128 Å². The van der Waals surface area contributed by atoms with Crippen LogP contribution in [-0.4, -0.2) is 56.2 Å². The summed E-state index contributed by atoms with van der Waals surface area (Å²) in [5, 5.41) is 9.58. The largest absolute Gasteiger partial charge is 0.389 e. The number of ether oxygens (including phenoxy) is 1. The molecule has 3 N–H and O–H groups in total. The molecule has 0 saturated heterocycles. The lowest BCUT2D eigenvalue weighted by Crippen LogP contribution is -2.36. The number of likely N-dealkylation sites (N-methyl/N-ethyl adjacent to an activating group) is 1. The Bertz CT molecular complexity index is 622. The SMILES string of the molecule is COCC(O)CN(C)S(=O)(=O)c1ccc(F)c(C(N)=S)c1. The number of benzene rings is 1. The van der Waals surface area contributed by atoms with Crippen LogP contribution in [0, 0.1) is 5.82 Å². The van der Waals surface area contributed by atoms with Crippen LogP contribution in [0.4, 0.5) is 4.39 Å². The minimum absolute atomic E-state index is 0.00140. The summed E-state index contributed by atoms with van der Waals surface area (Å²) in [6, 6.07) is 3.18. The number of aliphatic hydroxyl groups excluding tert-OH is 1. The smallest absolute Gasteiger partial charge is 0.242 e. The molecule has 0 aliphatic heterocycles. The van der Waals surface area contributed by atoms with Crippen molar-refractivity contribution >= 4 is 27.2 Å². The Morgan fingerprint density at radius 3 is 2.71 bits per heavy atom. The van der Waals surface area contributed by atoms with Crippen molar-refractivity contribution in [2.24, 2.45) is 5.73 Å². The van der Waals surface area contributed by atoms with Crippen molar-refractivity contribution in [3.05, 3.63) is 29.6 Å². The van der Waals surface area contributed by atoms with Crippen LogP contribution in [-0.2, 0) is 14.8 Å². The number of aliphatic hydroxyl groups is 1. The first-order valence-electron chi connectivity index (χ1n) is 5.92. The summed E-state index contributed by atoms with van der Waals surface area (Å²) in [5.41, 5.74) is 5.21. The third-order valence-electron chi connectivity index (χ3n) is 2.74. The van der Waals surface area contributed by atoms with Gasteiger partial charge in [-0.05, 0) is 18.2 Å². The molecule has 1 aromatic carbocycles. The zero-order valence-electron chi connectivity index (χ0n) is 11.6. The molecule has 0 radical (unpaired) electrons. The number of hydrogen-bond donors (Lipinski definition) is 2. The number of thiocarbonyl (C=S) groups is 1. The molecule has 1 rings (SSSR count). The third-order valence-corrected chi connectivity index (χ3v) is 4.78. The van der Waals surface area contributed by atoms with Gasteiger partial charge in [0, 0.05) is 26.3 Å². The third kappa shape index (κ3) is 4.42. The van der Waals surface area contributed by atoms with Gasteiger partial charge in [0.1, 0.15) is 10.8 Å². The fourth-order valence-electron chi connectivity index (χ4n) is 1.67. The van der Waals surface area contributed by atoms with E-state index < -0.39 is 21.9 Å². The van der Waals surface area contributed by atoms with Gasteiger partial charge >= 0.3 is 0 Å². The fraction of sp³-hybridized carbons (Fsp3) is 0.417. The molecule has 0 aliphatic carbocycles. The fourth-order valence-corrected chi connectivity index (χ4v) is 3.07. The molecule has 1 aromatic rings. The van der Waals surface area contributed by atoms with E-state index >= 15 is 0 Å². The molecule has 21 heavy (non-hydrogen) atoms. The van der Waals surface area contributed by atoms with Crippen molar-refractivity contribution in [1.29, 1.82) is 0 Å². The van der Waals surface area contributed by atoms with E-state index in [1.807, 2.05) is 0 Å². The standard InChI is InChI=1S/C12H17FN2O4S2/c1-15(6-8(16)7-19-2)21(17,18)9-3-4-11(13)10(5-9)12(14)20/h3-5,8,16H,6-7H2,1-2H3,(H2,14,20). The molecule has 0 amide bonds. The molecule has 1 unspecified atom stereocenters. The van der Waals surface area contributed by atoms with Gasteiger partial charge in [0.25, 0.3) is 0 Å². The summed E-state index contributed by atoms with van der Waals surface area (Å²) in [5.74, 6) is -0.691. The van der Waals surface area contributed by atoms with Gasteiger partial charge in [0.05, 0.1) is 17.6 Å². The van der Waals surface area contributed by atoms with E-state index in [-0.39, 0.29) is 28.6 Å². The molecule has 0 fully saturated rings. The first kappa shape index (κ1) is 17.9. The van der Waals surface area contributed by atoms with Gasteiger partial charge in [-0.25, -0.2) is 12.8 Å². The van der Waals surface area contributed by atoms with Crippen LogP contribution in [0.25, 0.3) is 0 Å². The summed E-state index contributed by atoms with van der Waals surface area (Å²) >= 11 is 4.67. The Kier molecular flexibility index (Phi) is 6.17. The highest BCUT2D eigenvalue weighted by atomic mass is 32.2. The van der Waals surface area contributed by atoms with Crippen LogP contribution in [0.3, 0.4) is 0 Å². The Balaban J connectivity index is 3.07. The van der Waals surface area contributed by atoms with Crippen LogP contribution in [0.5, 0.6) is 0 Å². The Morgan fingerprint density at radius 2 is 2.19 bits per heavy atom. The summed E-state index contributed by atoms with van der Waals surface area (Å²) in [4.78, 5) is -0.384. The molecule has 118 valence electrons. The number of nitrogens with two attached hydrogens (primary N) is 1. The normalized spacial score (nSPS) is 13.4. The quantitative estimate of drug-likeness (QED) is 0.686. The van der Waals surface area contributed by atoms with E-state index in [4.69, 9.17) is 10.5 Å². The molecule has 0 spiro atoms. The van der Waals surface area contributed by atoms with E-state index in [2.05, 4.69) is 12.2 Å². The predicted octanol–water partition coefficient (Wildman–Crippen LogP) is 0.0877. The molecule has 1 atom stereocenters. The average Bonchev–Trinajstić information content (AvgIpc) is 2.38. The number of sulfonamides is 1. The zero-order valence-corrected chi connectivity index (χ0v) is 13.2. The highest BCUT2D eigenvalue weighted by Gasteiger charge is 2.24. The Morgan fingerprint density at radius 1 is 1.57 bits per heavy atom. The van der Waals surface area contributed by atoms with Crippen molar-refractivity contribution in [2.45, 2.75) is 11.0 Å². The van der Waals surface area contributed by atoms with Gasteiger partial charge in [-0.2, -0.15) is 4.31 Å². The van der Waals surface area contributed by atoms with E-state index in [1.165, 1.54) is 14.2 Å². The number of nitrogens with zero attached hydrogens (tertiary/aromatic N) is 1. The van der Waals surface area contributed by atoms with Crippen molar-refractivity contribution in [3.8, 4) is 0 Å². The topological polar surface area (TPSA) is 92.9 Å². The van der Waals surface area contributed by atoms with E-state index in [1.54, 1.807) is 0 Å². The number of halogens is 1. The maximum Gasteiger partial charge on any atom is 0.242 e. The predicted molar refractivity (Wildman–Crippen MR) is 80.0 cm³/mol. The van der Waals surface area contributed by atoms with Gasteiger partial charge in [0.2, 0.25) is 10.0 Å². The molecular weight excluding hydrogens is 319 g/mol. The van der Waals surface area contributed by atoms with Crippen molar-refractivity contribution in [1.82, 2.24) is 4.31 Å². The first-order valence-corrected chi connectivity index (χ1v) is 7.77. The molecule has 9 heteroatoms. The summed E-state index contributed by atoms with van der Waals surface area (Å²) in [6.45, 7) is -0.155. The van der Waals surface area contributed by atoms with Crippen molar-refractivity contribution in [2.75, 3.05) is 27.3 Å². The molecule has 0 aliphatic rings. The molecule has 0 aromatic heterocycles. The first-order chi connectivity index (χ1) is 9.70. The van der Waals surface area contributed by atoms with Gasteiger partial charge < -0.3 is 15.6 Å². The molecular formula is C12H17FN2O4S2. The Hall–Kier alpha value is -1.13. The zero-order chi connectivity index (χ0) is 16.2. The molecule has 6 nitrogen and oxygen atoms in total. The summed E-state index contributed by atoms with van der Waals surface area (Å²) < 4.78 is 43.8. The second-order valence-electron chi connectivity index (χ2n) is 4.40. The maximum atomic E-state index is 13.5. The molecule has 0 saturated carbocycles. The van der Waals surface area contributed by atoms with Crippen molar-refractivity contribution < 1.29 is 22.7 Å².